The number of ether oxygens (including phenoxy) is 1. The second kappa shape index (κ2) is 4.73. The van der Waals surface area contributed by atoms with Crippen LogP contribution in [0.5, 0.6) is 0 Å². The van der Waals surface area contributed by atoms with Crippen LogP contribution in [0.2, 0.25) is 0 Å². The Balaban J connectivity index is 1.44. The number of carboxylic acids is 1. The molecule has 0 radical (unpaired) electrons. The smallest absolute Gasteiger partial charge is 0.410 e. The van der Waals surface area contributed by atoms with Crippen LogP contribution in [-0.4, -0.2) is 34.2 Å². The molecule has 1 aromatic rings. The van der Waals surface area contributed by atoms with Crippen molar-refractivity contribution in [3.63, 3.8) is 0 Å². The Morgan fingerprint density at radius 2 is 2.00 bits per heavy atom. The van der Waals surface area contributed by atoms with Gasteiger partial charge < -0.3 is 14.7 Å². The van der Waals surface area contributed by atoms with Gasteiger partial charge in [-0.3, -0.25) is 4.79 Å². The summed E-state index contributed by atoms with van der Waals surface area (Å²) in [6.07, 6.45) is 2.82. The Morgan fingerprint density at radius 3 is 2.73 bits per heavy atom. The number of hydrogen-bond donors (Lipinski definition) is 1. The number of carbonyl (C=O) groups excluding carboxylic acids is 1. The predicted molar refractivity (Wildman–Crippen MR) is 78.1 cm³/mol. The zero-order chi connectivity index (χ0) is 15.3. The third kappa shape index (κ3) is 1.91. The second-order valence-corrected chi connectivity index (χ2v) is 6.72. The number of fused-ring (bicyclic) bond motifs is 4. The van der Waals surface area contributed by atoms with Crippen LogP contribution in [0.1, 0.15) is 31.2 Å². The van der Waals surface area contributed by atoms with Gasteiger partial charge in [-0.2, -0.15) is 0 Å². The summed E-state index contributed by atoms with van der Waals surface area (Å²) in [5.74, 6) is -0.570. The number of hydrogen-bond acceptors (Lipinski definition) is 3. The maximum Gasteiger partial charge on any atom is 0.410 e. The molecule has 0 unspecified atom stereocenters. The Hall–Kier alpha value is -2.04. The molecule has 1 aromatic carbocycles. The van der Waals surface area contributed by atoms with Gasteiger partial charge in [0.25, 0.3) is 0 Å². The van der Waals surface area contributed by atoms with E-state index in [1.54, 1.807) is 0 Å². The summed E-state index contributed by atoms with van der Waals surface area (Å²) < 4.78 is 5.45. The molecule has 5 nitrogen and oxygen atoms in total. The standard InChI is InChI=1S/C17H19NO4/c19-15(20)17-8-12-6-7-14(13(17)9-17)18(12)16(21)22-10-11-4-2-1-3-5-11/h1-5,12-14H,6-10H2,(H,19,20)/t12-,13+,14+,17-/m1/s1. The van der Waals surface area contributed by atoms with Crippen LogP contribution in [0.15, 0.2) is 30.3 Å². The lowest BCUT2D eigenvalue weighted by molar-refractivity contribution is -0.146. The van der Waals surface area contributed by atoms with Gasteiger partial charge in [0.05, 0.1) is 5.41 Å². The quantitative estimate of drug-likeness (QED) is 0.932. The Morgan fingerprint density at radius 1 is 1.23 bits per heavy atom. The molecule has 1 N–H and O–H groups in total. The van der Waals surface area contributed by atoms with Crippen molar-refractivity contribution in [1.29, 1.82) is 0 Å². The molecule has 1 amide bonds. The lowest BCUT2D eigenvalue weighted by Crippen LogP contribution is -2.49. The van der Waals surface area contributed by atoms with Crippen molar-refractivity contribution in [1.82, 2.24) is 4.90 Å². The molecule has 3 aliphatic rings. The van der Waals surface area contributed by atoms with E-state index in [0.717, 1.165) is 18.4 Å². The van der Waals surface area contributed by atoms with Crippen LogP contribution < -0.4 is 0 Å². The lowest BCUT2D eigenvalue weighted by Gasteiger charge is -2.36. The summed E-state index contributed by atoms with van der Waals surface area (Å²) in [6, 6.07) is 9.69. The Bertz CT molecular complexity index is 616. The molecule has 4 rings (SSSR count). The van der Waals surface area contributed by atoms with Gasteiger partial charge >= 0.3 is 12.1 Å². The molecule has 2 saturated heterocycles. The fourth-order valence-electron chi connectivity index (χ4n) is 4.41. The number of aliphatic carboxylic acids is 1. The largest absolute Gasteiger partial charge is 0.481 e. The predicted octanol–water partition coefficient (Wildman–Crippen LogP) is 2.65. The van der Waals surface area contributed by atoms with Crippen LogP contribution in [0, 0.1) is 11.3 Å². The van der Waals surface area contributed by atoms with Crippen molar-refractivity contribution in [2.45, 2.75) is 44.4 Å². The third-order valence-corrected chi connectivity index (χ3v) is 5.59. The molecular weight excluding hydrogens is 282 g/mol. The van der Waals surface area contributed by atoms with E-state index < -0.39 is 11.4 Å². The first kappa shape index (κ1) is 13.6. The molecule has 4 atom stereocenters. The van der Waals surface area contributed by atoms with Crippen LogP contribution in [0.4, 0.5) is 4.79 Å². The minimum atomic E-state index is -0.688. The number of amides is 1. The Kier molecular flexibility index (Phi) is 2.93. The van der Waals surface area contributed by atoms with Crippen molar-refractivity contribution < 1.29 is 19.4 Å². The zero-order valence-corrected chi connectivity index (χ0v) is 12.3. The first-order valence-corrected chi connectivity index (χ1v) is 7.84. The van der Waals surface area contributed by atoms with E-state index in [9.17, 15) is 14.7 Å². The molecular formula is C17H19NO4. The van der Waals surface area contributed by atoms with Gasteiger partial charge in [-0.25, -0.2) is 4.79 Å². The van der Waals surface area contributed by atoms with Crippen LogP contribution in [-0.2, 0) is 16.1 Å². The van der Waals surface area contributed by atoms with Crippen LogP contribution in [0.25, 0.3) is 0 Å². The molecule has 1 saturated carbocycles. The lowest BCUT2D eigenvalue weighted by atomic mass is 9.90. The molecule has 0 spiro atoms. The summed E-state index contributed by atoms with van der Waals surface area (Å²) in [5, 5.41) is 9.44. The highest BCUT2D eigenvalue weighted by atomic mass is 16.6. The average molecular weight is 301 g/mol. The summed E-state index contributed by atoms with van der Waals surface area (Å²) in [4.78, 5) is 25.7. The highest BCUT2D eigenvalue weighted by molar-refractivity contribution is 5.80. The van der Waals surface area contributed by atoms with Crippen molar-refractivity contribution in [3.05, 3.63) is 35.9 Å². The van der Waals surface area contributed by atoms with Gasteiger partial charge in [0.15, 0.2) is 0 Å². The van der Waals surface area contributed by atoms with Gasteiger partial charge in [-0.05, 0) is 37.2 Å². The first-order chi connectivity index (χ1) is 10.6. The molecule has 22 heavy (non-hydrogen) atoms. The van der Waals surface area contributed by atoms with Gasteiger partial charge in [0, 0.05) is 12.1 Å². The maximum atomic E-state index is 12.4. The van der Waals surface area contributed by atoms with E-state index in [4.69, 9.17) is 4.74 Å². The number of carboxylic acid groups (broad SMARTS) is 1. The number of nitrogens with zero attached hydrogens (tertiary/aromatic N) is 1. The minimum Gasteiger partial charge on any atom is -0.481 e. The number of carbonyl (C=O) groups is 2. The second-order valence-electron chi connectivity index (χ2n) is 6.72. The number of rotatable bonds is 3. The fourth-order valence-corrected chi connectivity index (χ4v) is 4.41. The normalized spacial score (nSPS) is 34.9. The molecule has 2 bridgehead atoms. The fraction of sp³-hybridized carbons (Fsp3) is 0.529. The molecule has 2 aliphatic heterocycles. The van der Waals surface area contributed by atoms with Crippen LogP contribution in [0.3, 0.4) is 0 Å². The summed E-state index contributed by atoms with van der Waals surface area (Å²) in [7, 11) is 0. The van der Waals surface area contributed by atoms with E-state index in [2.05, 4.69) is 0 Å². The molecule has 116 valence electrons. The Labute approximate surface area is 128 Å². The van der Waals surface area contributed by atoms with Gasteiger partial charge in [-0.15, -0.1) is 0 Å². The van der Waals surface area contributed by atoms with E-state index in [1.165, 1.54) is 0 Å². The monoisotopic (exact) mass is 301 g/mol. The van der Waals surface area contributed by atoms with Crippen molar-refractivity contribution in [2.75, 3.05) is 0 Å². The van der Waals surface area contributed by atoms with Gasteiger partial charge in [-0.1, -0.05) is 30.3 Å². The maximum absolute atomic E-state index is 12.4. The number of benzene rings is 1. The van der Waals surface area contributed by atoms with E-state index in [1.807, 2.05) is 35.2 Å². The van der Waals surface area contributed by atoms with Crippen LogP contribution >= 0.6 is 0 Å². The first-order valence-electron chi connectivity index (χ1n) is 7.84. The zero-order valence-electron chi connectivity index (χ0n) is 12.3. The highest BCUT2D eigenvalue weighted by Crippen LogP contribution is 2.65. The highest BCUT2D eigenvalue weighted by Gasteiger charge is 2.70. The third-order valence-electron chi connectivity index (χ3n) is 5.59. The molecule has 3 fully saturated rings. The minimum absolute atomic E-state index is 0.0307. The van der Waals surface area contributed by atoms with Gasteiger partial charge in [0.2, 0.25) is 0 Å². The van der Waals surface area contributed by atoms with Crippen molar-refractivity contribution >= 4 is 12.1 Å². The summed E-state index contributed by atoms with van der Waals surface area (Å²) >= 11 is 0. The summed E-state index contributed by atoms with van der Waals surface area (Å²) in [5.41, 5.74) is 0.411. The molecule has 5 heteroatoms. The molecule has 2 heterocycles. The van der Waals surface area contributed by atoms with Crippen molar-refractivity contribution in [3.8, 4) is 0 Å². The molecule has 0 aromatic heterocycles. The SMILES string of the molecule is O=C(OCc1ccccc1)N1[C@@H]2CC[C@H]1[C@@H]1C[C@]1(C(=O)O)C2. The average Bonchev–Trinajstić information content (AvgIpc) is 3.17. The number of piperidine rings is 1. The van der Waals surface area contributed by atoms with Crippen molar-refractivity contribution in [2.24, 2.45) is 11.3 Å². The van der Waals surface area contributed by atoms with E-state index >= 15 is 0 Å². The molecule has 1 aliphatic carbocycles. The van der Waals surface area contributed by atoms with E-state index in [-0.39, 0.29) is 30.7 Å². The summed E-state index contributed by atoms with van der Waals surface area (Å²) in [6.45, 7) is 0.268. The van der Waals surface area contributed by atoms with Gasteiger partial charge in [0.1, 0.15) is 6.61 Å². The topological polar surface area (TPSA) is 66.8 Å². The van der Waals surface area contributed by atoms with E-state index in [0.29, 0.717) is 12.8 Å².